The lowest BCUT2D eigenvalue weighted by molar-refractivity contribution is 0.00514. The van der Waals surface area contributed by atoms with E-state index in [4.69, 9.17) is 26.8 Å². The molecule has 2 N–H and O–H groups in total. The summed E-state index contributed by atoms with van der Waals surface area (Å²) < 4.78 is 10.8. The molecule has 0 unspecified atom stereocenters. The number of nitrogens with two attached hydrogens (primary N) is 1. The Morgan fingerprint density at radius 3 is 2.59 bits per heavy atom. The minimum absolute atomic E-state index is 0.137. The third-order valence-electron chi connectivity index (χ3n) is 2.57. The molecule has 0 aliphatic carbocycles. The van der Waals surface area contributed by atoms with Gasteiger partial charge in [-0.1, -0.05) is 0 Å². The SMILES string of the molecule is COC(C)(C)CCOc1nc(Cl)nc(C)c1N. The van der Waals surface area contributed by atoms with Crippen molar-refractivity contribution < 1.29 is 9.47 Å². The summed E-state index contributed by atoms with van der Waals surface area (Å²) in [5, 5.41) is 0.137. The fraction of sp³-hybridized carbons (Fsp3) is 0.636. The summed E-state index contributed by atoms with van der Waals surface area (Å²) in [5.74, 6) is 0.328. The van der Waals surface area contributed by atoms with Crippen LogP contribution in [0.15, 0.2) is 0 Å². The van der Waals surface area contributed by atoms with Crippen LogP contribution < -0.4 is 10.5 Å². The Bertz CT molecular complexity index is 397. The van der Waals surface area contributed by atoms with E-state index in [1.165, 1.54) is 0 Å². The highest BCUT2D eigenvalue weighted by molar-refractivity contribution is 6.28. The lowest BCUT2D eigenvalue weighted by atomic mass is 10.1. The van der Waals surface area contributed by atoms with E-state index in [1.54, 1.807) is 14.0 Å². The Morgan fingerprint density at radius 2 is 2.00 bits per heavy atom. The number of aryl methyl sites for hydroxylation is 1. The molecule has 1 aromatic heterocycles. The van der Waals surface area contributed by atoms with Gasteiger partial charge in [-0.25, -0.2) is 4.98 Å². The van der Waals surface area contributed by atoms with E-state index in [9.17, 15) is 0 Å². The number of aromatic nitrogens is 2. The largest absolute Gasteiger partial charge is 0.476 e. The van der Waals surface area contributed by atoms with Crippen LogP contribution in [0.1, 0.15) is 26.0 Å². The Morgan fingerprint density at radius 1 is 1.35 bits per heavy atom. The van der Waals surface area contributed by atoms with Gasteiger partial charge in [0.25, 0.3) is 0 Å². The van der Waals surface area contributed by atoms with Gasteiger partial charge in [0.15, 0.2) is 0 Å². The zero-order chi connectivity index (χ0) is 13.1. The summed E-state index contributed by atoms with van der Waals surface area (Å²) in [6.45, 7) is 6.18. The number of halogens is 1. The standard InChI is InChI=1S/C11H18ClN3O2/c1-7-8(13)9(15-10(12)14-7)17-6-5-11(2,3)16-4/h5-6,13H2,1-4H3. The Kier molecular flexibility index (Phi) is 4.54. The molecule has 0 saturated carbocycles. The summed E-state index contributed by atoms with van der Waals surface area (Å²) in [5.41, 5.74) is 6.60. The van der Waals surface area contributed by atoms with Gasteiger partial charge < -0.3 is 15.2 Å². The zero-order valence-corrected chi connectivity index (χ0v) is 11.3. The molecule has 0 spiro atoms. The van der Waals surface area contributed by atoms with E-state index in [1.807, 2.05) is 13.8 Å². The molecule has 0 aromatic carbocycles. The summed E-state index contributed by atoms with van der Waals surface area (Å²) in [4.78, 5) is 7.88. The van der Waals surface area contributed by atoms with Crippen molar-refractivity contribution >= 4 is 17.3 Å². The third-order valence-corrected chi connectivity index (χ3v) is 2.74. The van der Waals surface area contributed by atoms with Crippen LogP contribution in [-0.4, -0.2) is 29.3 Å². The molecule has 96 valence electrons. The summed E-state index contributed by atoms with van der Waals surface area (Å²) in [6.07, 6.45) is 0.726. The first-order chi connectivity index (χ1) is 7.85. The molecular formula is C11H18ClN3O2. The van der Waals surface area contributed by atoms with Crippen LogP contribution in [0.4, 0.5) is 5.69 Å². The molecule has 0 saturated heterocycles. The molecular weight excluding hydrogens is 242 g/mol. The van der Waals surface area contributed by atoms with Gasteiger partial charge in [-0.2, -0.15) is 4.98 Å². The number of rotatable bonds is 5. The van der Waals surface area contributed by atoms with Crippen LogP contribution in [0.3, 0.4) is 0 Å². The summed E-state index contributed by atoms with van der Waals surface area (Å²) in [6, 6.07) is 0. The average molecular weight is 260 g/mol. The van der Waals surface area contributed by atoms with E-state index in [2.05, 4.69) is 9.97 Å². The average Bonchev–Trinajstić information content (AvgIpc) is 2.24. The number of ether oxygens (including phenoxy) is 2. The van der Waals surface area contributed by atoms with Crippen LogP contribution in [-0.2, 0) is 4.74 Å². The van der Waals surface area contributed by atoms with E-state index in [0.717, 1.165) is 6.42 Å². The van der Waals surface area contributed by atoms with Crippen LogP contribution in [0, 0.1) is 6.92 Å². The van der Waals surface area contributed by atoms with Crippen LogP contribution in [0.5, 0.6) is 5.88 Å². The molecule has 0 radical (unpaired) electrons. The number of hydrogen-bond acceptors (Lipinski definition) is 5. The maximum atomic E-state index is 5.79. The number of hydrogen-bond donors (Lipinski definition) is 1. The van der Waals surface area contributed by atoms with Crippen LogP contribution >= 0.6 is 11.6 Å². The summed E-state index contributed by atoms with van der Waals surface area (Å²) in [7, 11) is 1.67. The van der Waals surface area contributed by atoms with Crippen molar-refractivity contribution in [3.8, 4) is 5.88 Å². The fourth-order valence-corrected chi connectivity index (χ4v) is 1.33. The maximum absolute atomic E-state index is 5.79. The highest BCUT2D eigenvalue weighted by atomic mass is 35.5. The predicted molar refractivity (Wildman–Crippen MR) is 67.4 cm³/mol. The lowest BCUT2D eigenvalue weighted by Gasteiger charge is -2.22. The highest BCUT2D eigenvalue weighted by Gasteiger charge is 2.17. The molecule has 5 nitrogen and oxygen atoms in total. The maximum Gasteiger partial charge on any atom is 0.241 e. The first-order valence-corrected chi connectivity index (χ1v) is 5.71. The molecule has 0 fully saturated rings. The van der Waals surface area contributed by atoms with Crippen molar-refractivity contribution in [2.24, 2.45) is 0 Å². The minimum atomic E-state index is -0.235. The van der Waals surface area contributed by atoms with Gasteiger partial charge in [0.05, 0.1) is 17.9 Å². The van der Waals surface area contributed by atoms with Crippen molar-refractivity contribution in [2.75, 3.05) is 19.5 Å². The number of nitrogen functional groups attached to an aromatic ring is 1. The topological polar surface area (TPSA) is 70.3 Å². The first-order valence-electron chi connectivity index (χ1n) is 5.33. The molecule has 0 aliphatic rings. The van der Waals surface area contributed by atoms with E-state index < -0.39 is 0 Å². The van der Waals surface area contributed by atoms with Crippen LogP contribution in [0.2, 0.25) is 5.28 Å². The van der Waals surface area contributed by atoms with Crippen molar-refractivity contribution in [3.05, 3.63) is 11.0 Å². The van der Waals surface area contributed by atoms with Gasteiger partial charge in [-0.05, 0) is 32.4 Å². The van der Waals surface area contributed by atoms with Crippen molar-refractivity contribution in [1.29, 1.82) is 0 Å². The third kappa shape index (κ3) is 4.02. The van der Waals surface area contributed by atoms with Crippen molar-refractivity contribution in [3.63, 3.8) is 0 Å². The molecule has 6 heteroatoms. The first kappa shape index (κ1) is 14.0. The molecule has 1 rings (SSSR count). The van der Waals surface area contributed by atoms with Crippen LogP contribution in [0.25, 0.3) is 0 Å². The van der Waals surface area contributed by atoms with E-state index in [0.29, 0.717) is 23.9 Å². The zero-order valence-electron chi connectivity index (χ0n) is 10.6. The monoisotopic (exact) mass is 259 g/mol. The minimum Gasteiger partial charge on any atom is -0.476 e. The van der Waals surface area contributed by atoms with Crippen molar-refractivity contribution in [2.45, 2.75) is 32.8 Å². The van der Waals surface area contributed by atoms with E-state index in [-0.39, 0.29) is 10.9 Å². The smallest absolute Gasteiger partial charge is 0.241 e. The second kappa shape index (κ2) is 5.51. The molecule has 0 amide bonds. The number of nitrogens with zero attached hydrogens (tertiary/aromatic N) is 2. The molecule has 1 aromatic rings. The van der Waals surface area contributed by atoms with Gasteiger partial charge in [-0.15, -0.1) is 0 Å². The van der Waals surface area contributed by atoms with Gasteiger partial charge in [0.2, 0.25) is 11.2 Å². The van der Waals surface area contributed by atoms with Gasteiger partial charge in [0, 0.05) is 13.5 Å². The van der Waals surface area contributed by atoms with E-state index >= 15 is 0 Å². The van der Waals surface area contributed by atoms with Gasteiger partial charge >= 0.3 is 0 Å². The molecule has 1 heterocycles. The highest BCUT2D eigenvalue weighted by Crippen LogP contribution is 2.23. The predicted octanol–water partition coefficient (Wildman–Crippen LogP) is 2.21. The fourth-order valence-electron chi connectivity index (χ4n) is 1.13. The molecule has 0 atom stereocenters. The molecule has 17 heavy (non-hydrogen) atoms. The molecule has 0 aliphatic heterocycles. The summed E-state index contributed by atoms with van der Waals surface area (Å²) >= 11 is 5.74. The number of anilines is 1. The quantitative estimate of drug-likeness (QED) is 0.821. The van der Waals surface area contributed by atoms with Crippen molar-refractivity contribution in [1.82, 2.24) is 9.97 Å². The molecule has 0 bridgehead atoms. The Labute approximate surface area is 106 Å². The van der Waals surface area contributed by atoms with Gasteiger partial charge in [0.1, 0.15) is 5.69 Å². The normalized spacial score (nSPS) is 11.6. The van der Waals surface area contributed by atoms with Gasteiger partial charge in [-0.3, -0.25) is 0 Å². The Hall–Kier alpha value is -1.07. The lowest BCUT2D eigenvalue weighted by Crippen LogP contribution is -2.25. The number of methoxy groups -OCH3 is 1. The Balaban J connectivity index is 2.64. The second-order valence-electron chi connectivity index (χ2n) is 4.36. The second-order valence-corrected chi connectivity index (χ2v) is 4.70.